The van der Waals surface area contributed by atoms with Gasteiger partial charge in [-0.2, -0.15) is 0 Å². The molecule has 0 aromatic heterocycles. The fourth-order valence-electron chi connectivity index (χ4n) is 0.381. The minimum atomic E-state index is -0.255. The van der Waals surface area contributed by atoms with Crippen LogP contribution in [0, 0.1) is 5.92 Å². The van der Waals surface area contributed by atoms with E-state index in [1.54, 1.807) is 13.8 Å². The third kappa shape index (κ3) is 2.26. The van der Waals surface area contributed by atoms with Gasteiger partial charge in [0.15, 0.2) is 0 Å². The predicted octanol–water partition coefficient (Wildman–Crippen LogP) is 1.06. The largest absolute Gasteiger partial charge is 0.411 e. The molecule has 0 bridgehead atoms. The second-order valence-corrected chi connectivity index (χ2v) is 2.07. The molecule has 3 nitrogen and oxygen atoms in total. The number of rotatable bonds is 2. The number of carbonyl (C=O) groups is 1. The van der Waals surface area contributed by atoms with Crippen molar-refractivity contribution in [1.29, 1.82) is 0 Å². The van der Waals surface area contributed by atoms with Gasteiger partial charge in [-0.1, -0.05) is 12.1 Å². The maximum Gasteiger partial charge on any atom is 0.138 e. The van der Waals surface area contributed by atoms with E-state index in [1.165, 1.54) is 6.92 Å². The third-order valence-corrected chi connectivity index (χ3v) is 1.39. The lowest BCUT2D eigenvalue weighted by Gasteiger charge is -2.02. The average Bonchev–Trinajstić information content (AvgIpc) is 1.84. The predicted molar refractivity (Wildman–Crippen MR) is 34.7 cm³/mol. The van der Waals surface area contributed by atoms with Crippen LogP contribution in [0.1, 0.15) is 20.8 Å². The maximum atomic E-state index is 10.6. The maximum absolute atomic E-state index is 10.6. The number of nitrogens with zero attached hydrogens (tertiary/aromatic N) is 1. The van der Waals surface area contributed by atoms with Crippen LogP contribution in [0.15, 0.2) is 5.16 Å². The number of hydrogen-bond acceptors (Lipinski definition) is 3. The summed E-state index contributed by atoms with van der Waals surface area (Å²) in [6, 6.07) is 0. The van der Waals surface area contributed by atoms with Gasteiger partial charge in [0.05, 0.1) is 11.6 Å². The van der Waals surface area contributed by atoms with Crippen LogP contribution in [0.5, 0.6) is 0 Å². The summed E-state index contributed by atoms with van der Waals surface area (Å²) in [4.78, 5) is 10.6. The van der Waals surface area contributed by atoms with Gasteiger partial charge in [0.25, 0.3) is 0 Å². The Hall–Kier alpha value is -0.860. The molecule has 0 aliphatic carbocycles. The molecular formula is C6H11NO2. The Morgan fingerprint density at radius 1 is 1.56 bits per heavy atom. The van der Waals surface area contributed by atoms with Gasteiger partial charge in [-0.15, -0.1) is 0 Å². The molecule has 52 valence electrons. The average molecular weight is 129 g/mol. The van der Waals surface area contributed by atoms with Crippen molar-refractivity contribution < 1.29 is 10.0 Å². The van der Waals surface area contributed by atoms with Gasteiger partial charge in [-0.05, 0) is 13.8 Å². The minimum Gasteiger partial charge on any atom is -0.411 e. The zero-order valence-corrected chi connectivity index (χ0v) is 5.88. The van der Waals surface area contributed by atoms with Crippen LogP contribution >= 0.6 is 0 Å². The monoisotopic (exact) mass is 129 g/mol. The van der Waals surface area contributed by atoms with Crippen LogP contribution < -0.4 is 0 Å². The molecule has 0 fully saturated rings. The quantitative estimate of drug-likeness (QED) is 0.344. The highest BCUT2D eigenvalue weighted by atomic mass is 16.4. The zero-order chi connectivity index (χ0) is 7.44. The zero-order valence-electron chi connectivity index (χ0n) is 5.88. The molecule has 0 amide bonds. The van der Waals surface area contributed by atoms with E-state index in [-0.39, 0.29) is 11.7 Å². The smallest absolute Gasteiger partial charge is 0.138 e. The second kappa shape index (κ2) is 3.22. The van der Waals surface area contributed by atoms with Gasteiger partial charge in [0.1, 0.15) is 5.78 Å². The number of ketones is 1. The lowest BCUT2D eigenvalue weighted by atomic mass is 10.0. The van der Waals surface area contributed by atoms with E-state index in [2.05, 4.69) is 5.16 Å². The summed E-state index contributed by atoms with van der Waals surface area (Å²) in [5, 5.41) is 11.1. The van der Waals surface area contributed by atoms with Gasteiger partial charge in [0, 0.05) is 0 Å². The van der Waals surface area contributed by atoms with Gasteiger partial charge >= 0.3 is 0 Å². The van der Waals surface area contributed by atoms with E-state index >= 15 is 0 Å². The molecule has 0 aromatic carbocycles. The Balaban J connectivity index is 4.04. The van der Waals surface area contributed by atoms with Crippen molar-refractivity contribution in [2.24, 2.45) is 11.1 Å². The van der Waals surface area contributed by atoms with Crippen LogP contribution in [-0.2, 0) is 4.79 Å². The molecule has 0 rings (SSSR count). The van der Waals surface area contributed by atoms with Crippen molar-refractivity contribution in [3.63, 3.8) is 0 Å². The highest BCUT2D eigenvalue weighted by Gasteiger charge is 2.10. The molecule has 0 saturated carbocycles. The molecule has 0 aliphatic heterocycles. The first kappa shape index (κ1) is 8.14. The third-order valence-electron chi connectivity index (χ3n) is 1.39. The van der Waals surface area contributed by atoms with Crippen LogP contribution in [0.3, 0.4) is 0 Å². The summed E-state index contributed by atoms with van der Waals surface area (Å²) in [5.74, 6) is -0.236. The summed E-state index contributed by atoms with van der Waals surface area (Å²) in [6.45, 7) is 4.79. The molecule has 0 saturated heterocycles. The topological polar surface area (TPSA) is 49.7 Å². The van der Waals surface area contributed by atoms with Crippen molar-refractivity contribution in [3.8, 4) is 0 Å². The molecule has 0 radical (unpaired) electrons. The van der Waals surface area contributed by atoms with E-state index in [0.29, 0.717) is 5.71 Å². The number of hydrogen-bond donors (Lipinski definition) is 1. The summed E-state index contributed by atoms with van der Waals surface area (Å²) >= 11 is 0. The molecule has 1 unspecified atom stereocenters. The summed E-state index contributed by atoms with van der Waals surface area (Å²) in [5.41, 5.74) is 0.461. The Bertz CT molecular complexity index is 140. The van der Waals surface area contributed by atoms with Crippen LogP contribution in [-0.4, -0.2) is 16.7 Å². The van der Waals surface area contributed by atoms with Crippen molar-refractivity contribution in [3.05, 3.63) is 0 Å². The number of oxime groups is 1. The van der Waals surface area contributed by atoms with Crippen LogP contribution in [0.2, 0.25) is 0 Å². The Kier molecular flexibility index (Phi) is 2.91. The van der Waals surface area contributed by atoms with Crippen molar-refractivity contribution in [1.82, 2.24) is 0 Å². The highest BCUT2D eigenvalue weighted by molar-refractivity contribution is 6.02. The van der Waals surface area contributed by atoms with E-state index in [0.717, 1.165) is 0 Å². The standard InChI is InChI=1S/C6H11NO2/c1-4(6(3)8)5(2)7-9/h4,9H,1-3H3/b7-5+. The fourth-order valence-corrected chi connectivity index (χ4v) is 0.381. The molecular weight excluding hydrogens is 118 g/mol. The summed E-state index contributed by atoms with van der Waals surface area (Å²) in [6.07, 6.45) is 0. The van der Waals surface area contributed by atoms with E-state index in [1.807, 2.05) is 0 Å². The van der Waals surface area contributed by atoms with E-state index in [4.69, 9.17) is 5.21 Å². The second-order valence-electron chi connectivity index (χ2n) is 2.07. The Labute approximate surface area is 54.4 Å². The van der Waals surface area contributed by atoms with Crippen LogP contribution in [0.4, 0.5) is 0 Å². The van der Waals surface area contributed by atoms with E-state index < -0.39 is 0 Å². The first-order chi connectivity index (χ1) is 4.09. The van der Waals surface area contributed by atoms with E-state index in [9.17, 15) is 4.79 Å². The van der Waals surface area contributed by atoms with Crippen LogP contribution in [0.25, 0.3) is 0 Å². The molecule has 0 spiro atoms. The first-order valence-electron chi connectivity index (χ1n) is 2.78. The lowest BCUT2D eigenvalue weighted by Crippen LogP contribution is -2.15. The molecule has 0 aliphatic rings. The Morgan fingerprint density at radius 3 is 2.11 bits per heavy atom. The molecule has 0 heterocycles. The molecule has 1 N–H and O–H groups in total. The van der Waals surface area contributed by atoms with Gasteiger partial charge < -0.3 is 5.21 Å². The normalized spacial score (nSPS) is 15.2. The number of carbonyl (C=O) groups excluding carboxylic acids is 1. The minimum absolute atomic E-state index is 0.0188. The number of Topliss-reactive ketones (excluding diaryl/α,β-unsaturated/α-hetero) is 1. The molecule has 9 heavy (non-hydrogen) atoms. The Morgan fingerprint density at radius 2 is 2.00 bits per heavy atom. The van der Waals surface area contributed by atoms with Gasteiger partial charge in [-0.3, -0.25) is 4.79 Å². The van der Waals surface area contributed by atoms with Gasteiger partial charge in [0.2, 0.25) is 0 Å². The molecule has 0 aromatic rings. The van der Waals surface area contributed by atoms with Crippen molar-refractivity contribution in [2.45, 2.75) is 20.8 Å². The van der Waals surface area contributed by atoms with Gasteiger partial charge in [-0.25, -0.2) is 0 Å². The molecule has 1 atom stereocenters. The van der Waals surface area contributed by atoms with Crippen molar-refractivity contribution >= 4 is 11.5 Å². The summed E-state index contributed by atoms with van der Waals surface area (Å²) in [7, 11) is 0. The first-order valence-corrected chi connectivity index (χ1v) is 2.78. The highest BCUT2D eigenvalue weighted by Crippen LogP contribution is 1.98. The SMILES string of the molecule is CC(=O)C(C)/C(C)=N/O. The van der Waals surface area contributed by atoms with Crippen molar-refractivity contribution in [2.75, 3.05) is 0 Å². The summed E-state index contributed by atoms with van der Waals surface area (Å²) < 4.78 is 0. The lowest BCUT2D eigenvalue weighted by molar-refractivity contribution is -0.118. The fraction of sp³-hybridized carbons (Fsp3) is 0.667. The molecule has 3 heteroatoms.